The van der Waals surface area contributed by atoms with Gasteiger partial charge in [-0.2, -0.15) is 5.10 Å². The monoisotopic (exact) mass is 294 g/mol. The molecule has 0 unspecified atom stereocenters. The number of nitrogens with zero attached hydrogens (tertiary/aromatic N) is 2. The molecule has 0 saturated heterocycles. The molecule has 0 bridgehead atoms. The van der Waals surface area contributed by atoms with Gasteiger partial charge < -0.3 is 0 Å². The Morgan fingerprint density at radius 1 is 0.955 bits per heavy atom. The fourth-order valence-electron chi connectivity index (χ4n) is 2.03. The van der Waals surface area contributed by atoms with E-state index in [1.165, 1.54) is 6.20 Å². The minimum Gasteiger partial charge on any atom is -0.291 e. The number of hydrogen-bond donors (Lipinski definition) is 2. The molecule has 3 aromatic rings. The van der Waals surface area contributed by atoms with Crippen LogP contribution in [0.3, 0.4) is 0 Å². The van der Waals surface area contributed by atoms with Crippen LogP contribution in [-0.2, 0) is 0 Å². The van der Waals surface area contributed by atoms with Crippen molar-refractivity contribution in [3.8, 4) is 0 Å². The molecule has 0 aliphatic rings. The van der Waals surface area contributed by atoms with Gasteiger partial charge in [-0.25, -0.2) is 15.2 Å². The van der Waals surface area contributed by atoms with Crippen LogP contribution in [0.4, 0.5) is 10.6 Å². The van der Waals surface area contributed by atoms with Crippen LogP contribution in [0, 0.1) is 0 Å². The van der Waals surface area contributed by atoms with Gasteiger partial charge in [0.15, 0.2) is 5.36 Å². The van der Waals surface area contributed by atoms with Crippen molar-refractivity contribution in [2.45, 2.75) is 0 Å². The van der Waals surface area contributed by atoms with E-state index in [1.54, 1.807) is 42.5 Å². The number of fused-ring (bicyclic) bond motifs is 1. The Balaban J connectivity index is 1.89. The number of carbonyl (C=O) groups excluding carboxylic acids is 1. The van der Waals surface area contributed by atoms with Crippen LogP contribution < -0.4 is 27.0 Å². The fraction of sp³-hybridized carbons (Fsp3) is 0. The van der Waals surface area contributed by atoms with Crippen molar-refractivity contribution in [1.82, 2.24) is 10.4 Å². The molecule has 7 heteroatoms. The molecular weight excluding hydrogens is 284 g/mol. The van der Waals surface area contributed by atoms with Crippen molar-refractivity contribution in [1.29, 1.82) is 0 Å². The number of carbonyl (C=O) groups is 1. The highest BCUT2D eigenvalue weighted by molar-refractivity contribution is 5.88. The molecular formula is C15H10N4O3. The zero-order chi connectivity index (χ0) is 15.5. The van der Waals surface area contributed by atoms with Crippen LogP contribution in [0.5, 0.6) is 0 Å². The Hall–Kier alpha value is -3.35. The van der Waals surface area contributed by atoms with Crippen LogP contribution >= 0.6 is 0 Å². The van der Waals surface area contributed by atoms with Crippen molar-refractivity contribution in [2.24, 2.45) is 5.10 Å². The van der Waals surface area contributed by atoms with Gasteiger partial charge in [-0.15, -0.1) is 0 Å². The molecule has 2 amide bonds. The maximum atomic E-state index is 12.0. The van der Waals surface area contributed by atoms with Crippen LogP contribution in [0.15, 0.2) is 63.4 Å². The van der Waals surface area contributed by atoms with Crippen LogP contribution in [0.1, 0.15) is 0 Å². The summed E-state index contributed by atoms with van der Waals surface area (Å²) >= 11 is 0. The summed E-state index contributed by atoms with van der Waals surface area (Å²) in [6.45, 7) is 0. The van der Waals surface area contributed by atoms with E-state index in [9.17, 15) is 14.4 Å². The molecule has 22 heavy (non-hydrogen) atoms. The lowest BCUT2D eigenvalue weighted by Crippen LogP contribution is -2.36. The second kappa shape index (κ2) is 5.57. The molecule has 0 fully saturated rings. The van der Waals surface area contributed by atoms with Gasteiger partial charge in [-0.1, -0.05) is 30.3 Å². The zero-order valence-electron chi connectivity index (χ0n) is 11.2. The van der Waals surface area contributed by atoms with E-state index in [0.29, 0.717) is 5.82 Å². The second-order valence-corrected chi connectivity index (χ2v) is 4.45. The van der Waals surface area contributed by atoms with E-state index in [-0.39, 0.29) is 16.1 Å². The number of nitrogens with one attached hydrogen (secondary N) is 2. The first-order chi connectivity index (χ1) is 10.7. The van der Waals surface area contributed by atoms with E-state index in [1.807, 2.05) is 0 Å². The number of aromatic nitrogens is 1. The highest BCUT2D eigenvalue weighted by atomic mass is 16.2. The van der Waals surface area contributed by atoms with Crippen LogP contribution in [0.2, 0.25) is 0 Å². The number of rotatable bonds is 2. The number of hydrogen-bond acceptors (Lipinski definition) is 5. The molecule has 1 heterocycles. The van der Waals surface area contributed by atoms with Gasteiger partial charge in [0.1, 0.15) is 5.82 Å². The summed E-state index contributed by atoms with van der Waals surface area (Å²) in [7, 11) is 0. The van der Waals surface area contributed by atoms with Crippen LogP contribution in [-0.4, -0.2) is 11.0 Å². The number of anilines is 1. The molecule has 2 aromatic carbocycles. The number of urea groups is 1. The number of amides is 2. The molecule has 0 aliphatic carbocycles. The highest BCUT2D eigenvalue weighted by Crippen LogP contribution is 2.01. The predicted molar refractivity (Wildman–Crippen MR) is 80.8 cm³/mol. The molecule has 108 valence electrons. The first-order valence-corrected chi connectivity index (χ1v) is 6.41. The Morgan fingerprint density at radius 3 is 2.18 bits per heavy atom. The average Bonchev–Trinajstić information content (AvgIpc) is 2.78. The summed E-state index contributed by atoms with van der Waals surface area (Å²) in [5.74, 6) is 0.326. The average molecular weight is 294 g/mol. The van der Waals surface area contributed by atoms with Crippen molar-refractivity contribution < 1.29 is 4.79 Å². The second-order valence-electron chi connectivity index (χ2n) is 4.45. The van der Waals surface area contributed by atoms with Gasteiger partial charge >= 0.3 is 6.03 Å². The van der Waals surface area contributed by atoms with Crippen LogP contribution in [0.25, 0.3) is 10.8 Å². The van der Waals surface area contributed by atoms with Crippen molar-refractivity contribution in [3.63, 3.8) is 0 Å². The summed E-state index contributed by atoms with van der Waals surface area (Å²) in [5, 5.41) is 6.32. The van der Waals surface area contributed by atoms with Crippen molar-refractivity contribution in [2.75, 3.05) is 5.32 Å². The minimum absolute atomic E-state index is 0.290. The maximum absolute atomic E-state index is 12.0. The summed E-state index contributed by atoms with van der Waals surface area (Å²) in [4.78, 5) is 39.7. The molecule has 1 aromatic heterocycles. The smallest absolute Gasteiger partial charge is 0.291 e. The number of benzene rings is 1. The quantitative estimate of drug-likeness (QED) is 0.671. The molecule has 0 atom stereocenters. The molecule has 2 N–H and O–H groups in total. The van der Waals surface area contributed by atoms with Gasteiger partial charge in [-0.3, -0.25) is 14.9 Å². The molecule has 0 radical (unpaired) electrons. The molecule has 0 saturated carbocycles. The van der Waals surface area contributed by atoms with Gasteiger partial charge in [0, 0.05) is 17.0 Å². The highest BCUT2D eigenvalue weighted by Gasteiger charge is 2.10. The minimum atomic E-state index is -0.692. The molecule has 0 aliphatic heterocycles. The third-order valence-electron chi connectivity index (χ3n) is 3.02. The zero-order valence-corrected chi connectivity index (χ0v) is 11.2. The Morgan fingerprint density at radius 2 is 1.59 bits per heavy atom. The lowest BCUT2D eigenvalue weighted by atomic mass is 10.2. The topological polar surface area (TPSA) is 101 Å². The summed E-state index contributed by atoms with van der Waals surface area (Å²) < 4.78 is 0. The SMILES string of the molecule is O=C(NN=c1c(=O)c2ccccc2c1=O)Nc1ccccn1. The summed E-state index contributed by atoms with van der Waals surface area (Å²) in [6.07, 6.45) is 1.52. The predicted octanol–water partition coefficient (Wildman–Crippen LogP) is 0.468. The third-order valence-corrected chi connectivity index (χ3v) is 3.02. The van der Waals surface area contributed by atoms with E-state index < -0.39 is 16.9 Å². The molecule has 0 spiro atoms. The van der Waals surface area contributed by atoms with Crippen molar-refractivity contribution >= 4 is 22.6 Å². The maximum Gasteiger partial charge on any atom is 0.340 e. The van der Waals surface area contributed by atoms with E-state index in [2.05, 4.69) is 20.8 Å². The Kier molecular flexibility index (Phi) is 3.45. The first-order valence-electron chi connectivity index (χ1n) is 6.41. The third kappa shape index (κ3) is 2.47. The summed E-state index contributed by atoms with van der Waals surface area (Å²) in [6, 6.07) is 10.7. The van der Waals surface area contributed by atoms with E-state index in [4.69, 9.17) is 0 Å². The normalized spacial score (nSPS) is 10.4. The lowest BCUT2D eigenvalue weighted by Gasteiger charge is -2.01. The Labute approximate surface area is 123 Å². The Bertz CT molecular complexity index is 939. The van der Waals surface area contributed by atoms with Gasteiger partial charge in [-0.05, 0) is 12.1 Å². The largest absolute Gasteiger partial charge is 0.340 e. The number of pyridine rings is 1. The van der Waals surface area contributed by atoms with Gasteiger partial charge in [0.2, 0.25) is 10.9 Å². The lowest BCUT2D eigenvalue weighted by molar-refractivity contribution is 0.252. The van der Waals surface area contributed by atoms with E-state index in [0.717, 1.165) is 0 Å². The standard InChI is InChI=1S/C15H10N4O3/c20-13-9-5-1-2-6-10(9)14(21)12(13)18-19-15(22)17-11-7-3-4-8-16-11/h1-8H,(H2,16,17,19,22). The fourth-order valence-corrected chi connectivity index (χ4v) is 2.03. The van der Waals surface area contributed by atoms with Gasteiger partial charge in [0.05, 0.1) is 0 Å². The molecule has 3 rings (SSSR count). The van der Waals surface area contributed by atoms with Gasteiger partial charge in [0.25, 0.3) is 0 Å². The van der Waals surface area contributed by atoms with Crippen molar-refractivity contribution in [3.05, 3.63) is 74.5 Å². The first kappa shape index (κ1) is 13.6. The van der Waals surface area contributed by atoms with E-state index >= 15 is 0 Å². The summed E-state index contributed by atoms with van der Waals surface area (Å²) in [5.41, 5.74) is 1.12. The molecule has 7 nitrogen and oxygen atoms in total.